The Kier molecular flexibility index (Phi) is 8.49. The first-order valence-electron chi connectivity index (χ1n) is 7.95. The molecule has 1 unspecified atom stereocenters. The lowest BCUT2D eigenvalue weighted by Gasteiger charge is -2.22. The molecular weight excluding hydrogens is 312 g/mol. The number of carboxylic acids is 1. The van der Waals surface area contributed by atoms with Gasteiger partial charge in [-0.2, -0.15) is 0 Å². The maximum Gasteiger partial charge on any atom is 0.326 e. The van der Waals surface area contributed by atoms with E-state index in [1.54, 1.807) is 24.3 Å². The fraction of sp³-hybridized carbons (Fsp3) is 0.471. The first-order chi connectivity index (χ1) is 11.5. The predicted octanol–water partition coefficient (Wildman–Crippen LogP) is 1.45. The fourth-order valence-electron chi connectivity index (χ4n) is 2.36. The standard InChI is InChI=1S/C17H24N2O5/c1-2-3-9-14(11-19(24)12-20)16(21)18-15(17(22)23)10-13-7-5-4-6-8-13/h4-8,12,14-15,24H,2-3,9-11H2,1H3,(H,18,21)(H,22,23)/t14?,15-/m0/s1. The number of benzene rings is 1. The van der Waals surface area contributed by atoms with Crippen molar-refractivity contribution in [2.45, 2.75) is 38.6 Å². The molecule has 0 radical (unpaired) electrons. The molecule has 0 saturated carbocycles. The third-order valence-corrected chi connectivity index (χ3v) is 3.70. The summed E-state index contributed by atoms with van der Waals surface area (Å²) >= 11 is 0. The molecule has 0 saturated heterocycles. The van der Waals surface area contributed by atoms with Crippen molar-refractivity contribution in [3.63, 3.8) is 0 Å². The van der Waals surface area contributed by atoms with E-state index in [2.05, 4.69) is 5.32 Å². The summed E-state index contributed by atoms with van der Waals surface area (Å²) in [4.78, 5) is 34.4. The molecule has 0 aliphatic heterocycles. The smallest absolute Gasteiger partial charge is 0.326 e. The molecule has 2 atom stereocenters. The number of hydrogen-bond donors (Lipinski definition) is 3. The van der Waals surface area contributed by atoms with Gasteiger partial charge in [-0.3, -0.25) is 14.8 Å². The Labute approximate surface area is 141 Å². The number of carbonyl (C=O) groups excluding carboxylic acids is 2. The number of hydroxylamine groups is 2. The summed E-state index contributed by atoms with van der Waals surface area (Å²) in [5.41, 5.74) is 0.798. The van der Waals surface area contributed by atoms with Gasteiger partial charge in [0.15, 0.2) is 0 Å². The molecule has 0 aliphatic rings. The number of aliphatic carboxylic acids is 1. The molecule has 0 fully saturated rings. The lowest BCUT2D eigenvalue weighted by atomic mass is 9.99. The van der Waals surface area contributed by atoms with Crippen LogP contribution in [0.4, 0.5) is 0 Å². The first-order valence-corrected chi connectivity index (χ1v) is 7.95. The zero-order valence-corrected chi connectivity index (χ0v) is 13.7. The van der Waals surface area contributed by atoms with Gasteiger partial charge in [0, 0.05) is 6.42 Å². The van der Waals surface area contributed by atoms with Crippen LogP contribution in [0.3, 0.4) is 0 Å². The summed E-state index contributed by atoms with van der Waals surface area (Å²) in [6.07, 6.45) is 2.44. The SMILES string of the molecule is CCCCC(CN(O)C=O)C(=O)N[C@@H](Cc1ccccc1)C(=O)O. The van der Waals surface area contributed by atoms with Crippen molar-refractivity contribution in [2.75, 3.05) is 6.54 Å². The van der Waals surface area contributed by atoms with E-state index in [1.807, 2.05) is 13.0 Å². The van der Waals surface area contributed by atoms with Crippen molar-refractivity contribution in [3.8, 4) is 0 Å². The lowest BCUT2D eigenvalue weighted by molar-refractivity contribution is -0.155. The molecule has 1 rings (SSSR count). The highest BCUT2D eigenvalue weighted by atomic mass is 16.5. The van der Waals surface area contributed by atoms with Crippen molar-refractivity contribution in [1.29, 1.82) is 0 Å². The van der Waals surface area contributed by atoms with E-state index in [-0.39, 0.29) is 19.4 Å². The summed E-state index contributed by atoms with van der Waals surface area (Å²) in [5, 5.41) is 21.6. The third-order valence-electron chi connectivity index (χ3n) is 3.70. The largest absolute Gasteiger partial charge is 0.480 e. The molecule has 7 heteroatoms. The number of rotatable bonds is 11. The Balaban J connectivity index is 2.75. The van der Waals surface area contributed by atoms with Crippen molar-refractivity contribution in [2.24, 2.45) is 5.92 Å². The fourth-order valence-corrected chi connectivity index (χ4v) is 2.36. The van der Waals surface area contributed by atoms with Crippen LogP contribution in [0.1, 0.15) is 31.7 Å². The normalized spacial score (nSPS) is 12.9. The summed E-state index contributed by atoms with van der Waals surface area (Å²) in [7, 11) is 0. The van der Waals surface area contributed by atoms with Crippen LogP contribution in [0.15, 0.2) is 30.3 Å². The van der Waals surface area contributed by atoms with Crippen molar-refractivity contribution >= 4 is 18.3 Å². The zero-order chi connectivity index (χ0) is 17.9. The van der Waals surface area contributed by atoms with Crippen LogP contribution in [0.5, 0.6) is 0 Å². The Morgan fingerprint density at radius 1 is 1.29 bits per heavy atom. The Hall–Kier alpha value is -2.41. The maximum absolute atomic E-state index is 12.4. The van der Waals surface area contributed by atoms with Gasteiger partial charge in [0.25, 0.3) is 0 Å². The summed E-state index contributed by atoms with van der Waals surface area (Å²) < 4.78 is 0. The van der Waals surface area contributed by atoms with E-state index in [4.69, 9.17) is 0 Å². The highest BCUT2D eigenvalue weighted by Gasteiger charge is 2.26. The highest BCUT2D eigenvalue weighted by molar-refractivity contribution is 5.85. The van der Waals surface area contributed by atoms with Crippen LogP contribution >= 0.6 is 0 Å². The maximum atomic E-state index is 12.4. The van der Waals surface area contributed by atoms with E-state index in [9.17, 15) is 24.7 Å². The molecule has 24 heavy (non-hydrogen) atoms. The van der Waals surface area contributed by atoms with Crippen LogP contribution in [-0.4, -0.2) is 46.3 Å². The van der Waals surface area contributed by atoms with E-state index in [1.165, 1.54) is 0 Å². The van der Waals surface area contributed by atoms with Crippen LogP contribution in [0, 0.1) is 5.92 Å². The average molecular weight is 336 g/mol. The Morgan fingerprint density at radius 2 is 1.96 bits per heavy atom. The molecule has 2 amide bonds. The molecule has 7 nitrogen and oxygen atoms in total. The number of carboxylic acid groups (broad SMARTS) is 1. The zero-order valence-electron chi connectivity index (χ0n) is 13.7. The second-order valence-electron chi connectivity index (χ2n) is 5.66. The van der Waals surface area contributed by atoms with Crippen LogP contribution in [0.25, 0.3) is 0 Å². The molecule has 0 bridgehead atoms. The van der Waals surface area contributed by atoms with Crippen LogP contribution in [-0.2, 0) is 20.8 Å². The van der Waals surface area contributed by atoms with Crippen molar-refractivity contribution < 1.29 is 24.7 Å². The van der Waals surface area contributed by atoms with E-state index >= 15 is 0 Å². The van der Waals surface area contributed by atoms with Gasteiger partial charge in [0.1, 0.15) is 6.04 Å². The lowest BCUT2D eigenvalue weighted by Crippen LogP contribution is -2.47. The monoisotopic (exact) mass is 336 g/mol. The summed E-state index contributed by atoms with van der Waals surface area (Å²) in [6, 6.07) is 7.94. The molecule has 3 N–H and O–H groups in total. The highest BCUT2D eigenvalue weighted by Crippen LogP contribution is 2.11. The number of nitrogens with one attached hydrogen (secondary N) is 1. The Bertz CT molecular complexity index is 535. The van der Waals surface area contributed by atoms with E-state index < -0.39 is 23.8 Å². The van der Waals surface area contributed by atoms with Gasteiger partial charge in [-0.15, -0.1) is 0 Å². The number of hydrogen-bond acceptors (Lipinski definition) is 4. The number of unbranched alkanes of at least 4 members (excludes halogenated alkanes) is 1. The molecular formula is C17H24N2O5. The Morgan fingerprint density at radius 3 is 2.50 bits per heavy atom. The van der Waals surface area contributed by atoms with Gasteiger partial charge in [-0.25, -0.2) is 9.86 Å². The van der Waals surface area contributed by atoms with Crippen LogP contribution in [0.2, 0.25) is 0 Å². The molecule has 0 aromatic heterocycles. The summed E-state index contributed by atoms with van der Waals surface area (Å²) in [5.74, 6) is -2.26. The minimum atomic E-state index is -1.13. The number of amides is 2. The third kappa shape index (κ3) is 6.78. The van der Waals surface area contributed by atoms with Gasteiger partial charge in [-0.05, 0) is 12.0 Å². The van der Waals surface area contributed by atoms with Gasteiger partial charge in [0.2, 0.25) is 12.3 Å². The molecule has 0 spiro atoms. The quantitative estimate of drug-likeness (QED) is 0.322. The van der Waals surface area contributed by atoms with Gasteiger partial charge in [-0.1, -0.05) is 50.1 Å². The van der Waals surface area contributed by atoms with Crippen molar-refractivity contribution in [3.05, 3.63) is 35.9 Å². The topological polar surface area (TPSA) is 107 Å². The number of nitrogens with zero attached hydrogens (tertiary/aromatic N) is 1. The van der Waals surface area contributed by atoms with Crippen LogP contribution < -0.4 is 5.32 Å². The minimum Gasteiger partial charge on any atom is -0.480 e. The second kappa shape index (κ2) is 10.4. The molecule has 1 aromatic carbocycles. The predicted molar refractivity (Wildman–Crippen MR) is 87.3 cm³/mol. The molecule has 132 valence electrons. The minimum absolute atomic E-state index is 0.160. The van der Waals surface area contributed by atoms with E-state index in [0.717, 1.165) is 18.4 Å². The molecule has 0 heterocycles. The van der Waals surface area contributed by atoms with Crippen molar-refractivity contribution in [1.82, 2.24) is 10.4 Å². The average Bonchev–Trinajstić information content (AvgIpc) is 2.58. The van der Waals surface area contributed by atoms with Gasteiger partial charge >= 0.3 is 5.97 Å². The second-order valence-corrected chi connectivity index (χ2v) is 5.66. The van der Waals surface area contributed by atoms with Gasteiger partial charge in [0.05, 0.1) is 12.5 Å². The number of carbonyl (C=O) groups is 3. The summed E-state index contributed by atoms with van der Waals surface area (Å²) in [6.45, 7) is 1.80. The first kappa shape index (κ1) is 19.6. The van der Waals surface area contributed by atoms with Gasteiger partial charge < -0.3 is 10.4 Å². The van der Waals surface area contributed by atoms with E-state index in [0.29, 0.717) is 11.5 Å². The molecule has 1 aromatic rings. The molecule has 0 aliphatic carbocycles.